The molecule has 1 heterocycles. The summed E-state index contributed by atoms with van der Waals surface area (Å²) in [5.41, 5.74) is 14.3. The van der Waals surface area contributed by atoms with Crippen LogP contribution in [0.2, 0.25) is 0 Å². The number of rotatable bonds is 12. The van der Waals surface area contributed by atoms with Crippen molar-refractivity contribution in [2.75, 3.05) is 0 Å². The minimum atomic E-state index is -0.826. The molecule has 318 valence electrons. The second-order valence-corrected chi connectivity index (χ2v) is 21.6. The van der Waals surface area contributed by atoms with Gasteiger partial charge in [-0.25, -0.2) is 0 Å². The minimum Gasteiger partial charge on any atom is -0.184 e. The molecule has 1 aliphatic heterocycles. The first kappa shape index (κ1) is 47.7. The molecule has 62 heavy (non-hydrogen) atoms. The fourth-order valence-corrected chi connectivity index (χ4v) is 9.82. The average molecular weight is 948 g/mol. The van der Waals surface area contributed by atoms with Gasteiger partial charge in [-0.15, -0.1) is 74.6 Å². The maximum absolute atomic E-state index is 4.93. The molecule has 0 nitrogen and oxygen atoms in total. The van der Waals surface area contributed by atoms with Crippen LogP contribution in [-0.2, 0) is 33.7 Å². The third kappa shape index (κ3) is 11.9. The van der Waals surface area contributed by atoms with Crippen LogP contribution < -0.4 is 10.4 Å². The SMILES string of the molecule is CCCCc1ccc2[cH-]c(C(C)CC)cc2c1-c1ccccc1.CCCCc1ccc2[cH-]c(C(C)CC)cc2c1-c1ccccc1.[Cl][Zr][Cl].[c-]1cccc2c1[Si]c1ccccc1-2. The third-order valence-corrected chi connectivity index (χ3v) is 13.8. The number of unbranched alkanes of at least 4 members (excludes halogenated alkanes) is 2. The summed E-state index contributed by atoms with van der Waals surface area (Å²) >= 11 is -0.826. The van der Waals surface area contributed by atoms with E-state index in [1.165, 1.54) is 139 Å². The third-order valence-electron chi connectivity index (χ3n) is 12.4. The predicted octanol–water partition coefficient (Wildman–Crippen LogP) is 16.7. The van der Waals surface area contributed by atoms with Crippen molar-refractivity contribution < 1.29 is 20.8 Å². The molecule has 2 unspecified atom stereocenters. The Morgan fingerprint density at radius 3 is 1.48 bits per heavy atom. The van der Waals surface area contributed by atoms with Crippen molar-refractivity contribution in [3.8, 4) is 33.4 Å². The summed E-state index contributed by atoms with van der Waals surface area (Å²) in [5.74, 6) is 1.26. The minimum absolute atomic E-state index is 0.630. The van der Waals surface area contributed by atoms with Crippen molar-refractivity contribution in [1.29, 1.82) is 0 Å². The average Bonchev–Trinajstić information content (AvgIpc) is 4.06. The van der Waals surface area contributed by atoms with Gasteiger partial charge in [0.05, 0.1) is 9.52 Å². The Labute approximate surface area is 394 Å². The van der Waals surface area contributed by atoms with Gasteiger partial charge in [-0.1, -0.05) is 185 Å². The van der Waals surface area contributed by atoms with E-state index in [4.69, 9.17) is 17.0 Å². The topological polar surface area (TPSA) is 0 Å². The van der Waals surface area contributed by atoms with E-state index in [1.54, 1.807) is 0 Å². The van der Waals surface area contributed by atoms with E-state index in [0.29, 0.717) is 11.8 Å². The van der Waals surface area contributed by atoms with Gasteiger partial charge in [0, 0.05) is 0 Å². The first-order valence-electron chi connectivity index (χ1n) is 22.7. The number of hydrogen-bond donors (Lipinski definition) is 0. The molecule has 0 bridgehead atoms. The Balaban J connectivity index is 0.000000155. The summed E-state index contributed by atoms with van der Waals surface area (Å²) in [6.07, 6.45) is 9.71. The summed E-state index contributed by atoms with van der Waals surface area (Å²) in [5, 5.41) is 8.46. The zero-order chi connectivity index (χ0) is 43.8. The Hall–Kier alpha value is -3.78. The largest absolute Gasteiger partial charge is 0.184 e. The molecule has 1 aliphatic rings. The van der Waals surface area contributed by atoms with E-state index in [0.717, 1.165) is 9.52 Å². The smallest absolute Gasteiger partial charge is 0.0920 e. The first-order chi connectivity index (χ1) is 30.3. The van der Waals surface area contributed by atoms with Crippen LogP contribution in [0.5, 0.6) is 0 Å². The molecule has 0 saturated heterocycles. The molecule has 0 fully saturated rings. The van der Waals surface area contributed by atoms with Crippen LogP contribution in [-0.4, -0.2) is 9.52 Å². The molecule has 0 amide bonds. The number of benzene rings is 6. The molecule has 0 aliphatic carbocycles. The Morgan fingerprint density at radius 1 is 0.565 bits per heavy atom. The Morgan fingerprint density at radius 2 is 1.02 bits per heavy atom. The van der Waals surface area contributed by atoms with Crippen molar-refractivity contribution in [1.82, 2.24) is 0 Å². The molecule has 0 spiro atoms. The molecule has 8 aromatic carbocycles. The Kier molecular flexibility index (Phi) is 18.7. The molecule has 0 saturated carbocycles. The summed E-state index contributed by atoms with van der Waals surface area (Å²) in [7, 11) is 10.7. The van der Waals surface area contributed by atoms with Gasteiger partial charge in [-0.3, -0.25) is 0 Å². The van der Waals surface area contributed by atoms with Crippen molar-refractivity contribution in [3.05, 3.63) is 180 Å². The number of fused-ring (bicyclic) bond motifs is 5. The monoisotopic (exact) mass is 945 g/mol. The summed E-state index contributed by atoms with van der Waals surface area (Å²) in [4.78, 5) is 0. The molecule has 0 N–H and O–H groups in total. The molecule has 0 aromatic heterocycles. The molecule has 9 rings (SSSR count). The van der Waals surface area contributed by atoms with Gasteiger partial charge in [0.2, 0.25) is 0 Å². The van der Waals surface area contributed by atoms with Gasteiger partial charge in [0.15, 0.2) is 0 Å². The van der Waals surface area contributed by atoms with E-state index in [9.17, 15) is 0 Å². The number of hydrogen-bond acceptors (Lipinski definition) is 0. The van der Waals surface area contributed by atoms with Crippen molar-refractivity contribution in [3.63, 3.8) is 0 Å². The zero-order valence-corrected chi connectivity index (χ0v) is 42.5. The van der Waals surface area contributed by atoms with Crippen molar-refractivity contribution in [2.45, 2.75) is 105 Å². The van der Waals surface area contributed by atoms with Crippen LogP contribution in [0.25, 0.3) is 54.9 Å². The van der Waals surface area contributed by atoms with E-state index in [1.807, 2.05) is 6.07 Å². The summed E-state index contributed by atoms with van der Waals surface area (Å²) in [6.45, 7) is 13.7. The standard InChI is InChI=1S/2C23H27.C12H7Si.2ClH.Zr/c2*1-4-6-10-19-13-14-20-15-21(17(3)5-2)16-22(20)23(19)18-11-8-7-9-12-18;1-3-7-11-9(5-1)10-6-2-4-8-12(10)13-11;;;/h2*7-9,11-17H,4-6,10H2,1-3H3;1-7H;2*1H;/q3*-1;;;+2/p-2. The normalized spacial score (nSPS) is 12.2. The molecule has 8 aromatic rings. The van der Waals surface area contributed by atoms with E-state index >= 15 is 0 Å². The van der Waals surface area contributed by atoms with Gasteiger partial charge in [-0.2, -0.15) is 41.6 Å². The summed E-state index contributed by atoms with van der Waals surface area (Å²) in [6, 6.07) is 58.9. The van der Waals surface area contributed by atoms with Crippen LogP contribution in [0.3, 0.4) is 0 Å². The van der Waals surface area contributed by atoms with Gasteiger partial charge >= 0.3 is 37.9 Å². The van der Waals surface area contributed by atoms with Crippen LogP contribution >= 0.6 is 17.0 Å². The summed E-state index contributed by atoms with van der Waals surface area (Å²) < 4.78 is 0. The van der Waals surface area contributed by atoms with Crippen molar-refractivity contribution >= 4 is 58.5 Å². The van der Waals surface area contributed by atoms with Gasteiger partial charge in [0.25, 0.3) is 0 Å². The molecular weight excluding hydrogens is 887 g/mol. The van der Waals surface area contributed by atoms with Gasteiger partial charge in [0.1, 0.15) is 0 Å². The fourth-order valence-electron chi connectivity index (χ4n) is 8.51. The van der Waals surface area contributed by atoms with Gasteiger partial charge in [-0.05, 0) is 48.6 Å². The first-order valence-corrected chi connectivity index (χ1v) is 30.1. The number of halogens is 2. The zero-order valence-electron chi connectivity index (χ0n) is 37.5. The van der Waals surface area contributed by atoms with Crippen LogP contribution in [0, 0.1) is 6.07 Å². The Bertz CT molecular complexity index is 2410. The molecule has 2 atom stereocenters. The second-order valence-electron chi connectivity index (χ2n) is 16.5. The second kappa shape index (κ2) is 24.3. The maximum Gasteiger partial charge on any atom is 0.0920 e. The van der Waals surface area contributed by atoms with Crippen LogP contribution in [0.4, 0.5) is 0 Å². The fraction of sp³-hybridized carbons (Fsp3) is 0.276. The molecular formula is C58H61Cl2SiZr-3. The predicted molar refractivity (Wildman–Crippen MR) is 272 cm³/mol. The van der Waals surface area contributed by atoms with E-state index in [2.05, 4.69) is 193 Å². The van der Waals surface area contributed by atoms with Gasteiger partial charge < -0.3 is 0 Å². The quantitative estimate of drug-likeness (QED) is 0.0846. The van der Waals surface area contributed by atoms with E-state index in [-0.39, 0.29) is 0 Å². The van der Waals surface area contributed by atoms with Crippen LogP contribution in [0.1, 0.15) is 114 Å². The number of aryl methyl sites for hydroxylation is 2. The molecule has 2 radical (unpaired) electrons. The van der Waals surface area contributed by atoms with Crippen LogP contribution in [0.15, 0.2) is 152 Å². The van der Waals surface area contributed by atoms with Crippen molar-refractivity contribution in [2.24, 2.45) is 0 Å². The molecule has 4 heteroatoms. The van der Waals surface area contributed by atoms with E-state index < -0.39 is 20.8 Å². The maximum atomic E-state index is 4.93.